The molecule has 0 atom stereocenters. The van der Waals surface area contributed by atoms with Gasteiger partial charge in [0.2, 0.25) is 5.95 Å². The summed E-state index contributed by atoms with van der Waals surface area (Å²) in [5, 5.41) is 0.291. The predicted molar refractivity (Wildman–Crippen MR) is 34.6 cm³/mol. The molecule has 1 rings (SSSR count). The summed E-state index contributed by atoms with van der Waals surface area (Å²) in [6.07, 6.45) is 0.0640. The van der Waals surface area contributed by atoms with E-state index >= 15 is 0 Å². The molecule has 0 N–H and O–H groups in total. The smallest absolute Gasteiger partial charge is 0.210 e. The molecular weight excluding hydrogens is 206 g/mol. The van der Waals surface area contributed by atoms with Gasteiger partial charge in [-0.3, -0.25) is 0 Å². The molecule has 0 aliphatic heterocycles. The molecule has 0 amide bonds. The average Bonchev–Trinajstić information content (AvgIpc) is 1.88. The molecule has 1 aromatic rings. The van der Waals surface area contributed by atoms with Crippen LogP contribution in [0.25, 0.3) is 0 Å². The highest BCUT2D eigenvalue weighted by molar-refractivity contribution is 9.08. The Morgan fingerprint density at radius 2 is 2.20 bits per heavy atom. The van der Waals surface area contributed by atoms with Crippen molar-refractivity contribution >= 4 is 15.9 Å². The van der Waals surface area contributed by atoms with Crippen molar-refractivity contribution < 1.29 is 8.78 Å². The summed E-state index contributed by atoms with van der Waals surface area (Å²) in [4.78, 5) is 6.03. The van der Waals surface area contributed by atoms with E-state index in [-0.39, 0.29) is 5.56 Å². The summed E-state index contributed by atoms with van der Waals surface area (Å²) in [6, 6.07) is 0. The highest BCUT2D eigenvalue weighted by Gasteiger charge is 2.03. The Morgan fingerprint density at radius 3 is 2.70 bits per heavy atom. The van der Waals surface area contributed by atoms with Crippen LogP contribution >= 0.6 is 15.9 Å². The topological polar surface area (TPSA) is 25.8 Å². The fourth-order valence-corrected chi connectivity index (χ4v) is 0.832. The lowest BCUT2D eigenvalue weighted by Gasteiger charge is -1.93. The van der Waals surface area contributed by atoms with Crippen molar-refractivity contribution in [3.63, 3.8) is 0 Å². The molecule has 1 heterocycles. The molecule has 0 spiro atoms. The van der Waals surface area contributed by atoms with Crippen LogP contribution in [0.4, 0.5) is 8.78 Å². The van der Waals surface area contributed by atoms with Crippen LogP contribution in [0.15, 0.2) is 6.20 Å². The lowest BCUT2D eigenvalue weighted by Crippen LogP contribution is -1.96. The SMILES string of the molecule is Fc1ncc(CBr)c(F)n1. The molecule has 10 heavy (non-hydrogen) atoms. The van der Waals surface area contributed by atoms with E-state index in [1.807, 2.05) is 0 Å². The van der Waals surface area contributed by atoms with E-state index < -0.39 is 12.0 Å². The standard InChI is InChI=1S/C5H3BrF2N2/c6-1-3-2-9-5(8)10-4(3)7/h2H,1H2. The molecule has 0 aliphatic rings. The lowest BCUT2D eigenvalue weighted by molar-refractivity contribution is 0.477. The number of halogens is 3. The van der Waals surface area contributed by atoms with Crippen LogP contribution < -0.4 is 0 Å². The minimum Gasteiger partial charge on any atom is -0.210 e. The summed E-state index contributed by atoms with van der Waals surface area (Å²) < 4.78 is 24.4. The zero-order chi connectivity index (χ0) is 7.56. The van der Waals surface area contributed by atoms with Gasteiger partial charge in [-0.05, 0) is 0 Å². The second kappa shape index (κ2) is 3.01. The summed E-state index contributed by atoms with van der Waals surface area (Å²) in [7, 11) is 0. The molecule has 0 saturated carbocycles. The normalized spacial score (nSPS) is 9.90. The maximum Gasteiger partial charge on any atom is 0.311 e. The molecule has 0 bridgehead atoms. The first-order valence-corrected chi connectivity index (χ1v) is 3.59. The van der Waals surface area contributed by atoms with Crippen molar-refractivity contribution in [3.05, 3.63) is 23.8 Å². The largest absolute Gasteiger partial charge is 0.311 e. The fourth-order valence-electron chi connectivity index (χ4n) is 0.456. The van der Waals surface area contributed by atoms with Crippen LogP contribution in [-0.4, -0.2) is 9.97 Å². The second-order valence-corrected chi connectivity index (χ2v) is 2.15. The molecule has 0 radical (unpaired) electrons. The minimum absolute atomic E-state index is 0.251. The maximum absolute atomic E-state index is 12.4. The number of rotatable bonds is 1. The first-order chi connectivity index (χ1) is 4.74. The van der Waals surface area contributed by atoms with Crippen LogP contribution in [-0.2, 0) is 5.33 Å². The van der Waals surface area contributed by atoms with E-state index in [1.165, 1.54) is 0 Å². The van der Waals surface area contributed by atoms with Crippen molar-refractivity contribution in [2.45, 2.75) is 5.33 Å². The molecule has 54 valence electrons. The highest BCUT2D eigenvalue weighted by atomic mass is 79.9. The van der Waals surface area contributed by atoms with Gasteiger partial charge in [0.15, 0.2) is 0 Å². The van der Waals surface area contributed by atoms with Gasteiger partial charge in [-0.1, -0.05) is 15.9 Å². The molecule has 1 aromatic heterocycles. The summed E-state index contributed by atoms with van der Waals surface area (Å²) in [5.74, 6) is -0.815. The van der Waals surface area contributed by atoms with E-state index in [2.05, 4.69) is 25.9 Å². The first kappa shape index (κ1) is 7.53. The van der Waals surface area contributed by atoms with E-state index in [0.29, 0.717) is 5.33 Å². The highest BCUT2D eigenvalue weighted by Crippen LogP contribution is 2.06. The number of aromatic nitrogens is 2. The van der Waals surface area contributed by atoms with Crippen molar-refractivity contribution in [1.82, 2.24) is 9.97 Å². The molecule has 0 aliphatic carbocycles. The summed E-state index contributed by atoms with van der Waals surface area (Å²) in [6.45, 7) is 0. The van der Waals surface area contributed by atoms with E-state index in [9.17, 15) is 8.78 Å². The van der Waals surface area contributed by atoms with Gasteiger partial charge in [0.1, 0.15) is 0 Å². The van der Waals surface area contributed by atoms with Gasteiger partial charge in [-0.25, -0.2) is 4.98 Å². The van der Waals surface area contributed by atoms with Crippen molar-refractivity contribution in [3.8, 4) is 0 Å². The van der Waals surface area contributed by atoms with Crippen LogP contribution in [0.3, 0.4) is 0 Å². The molecule has 0 fully saturated rings. The Kier molecular flexibility index (Phi) is 2.26. The van der Waals surface area contributed by atoms with E-state index in [0.717, 1.165) is 6.20 Å². The third-order valence-electron chi connectivity index (χ3n) is 0.926. The Balaban J connectivity index is 3.07. The van der Waals surface area contributed by atoms with Gasteiger partial charge in [0, 0.05) is 17.1 Å². The van der Waals surface area contributed by atoms with Gasteiger partial charge in [-0.2, -0.15) is 13.8 Å². The zero-order valence-corrected chi connectivity index (χ0v) is 6.40. The van der Waals surface area contributed by atoms with Crippen LogP contribution in [0, 0.1) is 12.0 Å². The van der Waals surface area contributed by atoms with E-state index in [1.54, 1.807) is 0 Å². The van der Waals surface area contributed by atoms with Gasteiger partial charge in [0.05, 0.1) is 0 Å². The maximum atomic E-state index is 12.4. The van der Waals surface area contributed by atoms with Gasteiger partial charge in [-0.15, -0.1) is 0 Å². The van der Waals surface area contributed by atoms with Crippen molar-refractivity contribution in [1.29, 1.82) is 0 Å². The summed E-state index contributed by atoms with van der Waals surface area (Å²) in [5.41, 5.74) is 0.251. The molecule has 0 unspecified atom stereocenters. The zero-order valence-electron chi connectivity index (χ0n) is 4.81. The number of alkyl halides is 1. The number of hydrogen-bond donors (Lipinski definition) is 0. The molecular formula is C5H3BrF2N2. The Labute approximate surface area is 64.4 Å². The van der Waals surface area contributed by atoms with Gasteiger partial charge in [0.25, 0.3) is 0 Å². The number of nitrogens with zero attached hydrogens (tertiary/aromatic N) is 2. The molecule has 0 aromatic carbocycles. The van der Waals surface area contributed by atoms with Crippen LogP contribution in [0.2, 0.25) is 0 Å². The Bertz CT molecular complexity index is 241. The van der Waals surface area contributed by atoms with Gasteiger partial charge >= 0.3 is 6.08 Å². The third-order valence-corrected chi connectivity index (χ3v) is 1.53. The Hall–Kier alpha value is -0.580. The van der Waals surface area contributed by atoms with Crippen LogP contribution in [0.1, 0.15) is 5.56 Å². The van der Waals surface area contributed by atoms with Crippen molar-refractivity contribution in [2.75, 3.05) is 0 Å². The molecule has 2 nitrogen and oxygen atoms in total. The third kappa shape index (κ3) is 1.47. The summed E-state index contributed by atoms with van der Waals surface area (Å²) >= 11 is 2.99. The van der Waals surface area contributed by atoms with Gasteiger partial charge < -0.3 is 0 Å². The molecule has 5 heteroatoms. The molecule has 0 saturated heterocycles. The van der Waals surface area contributed by atoms with Crippen LogP contribution in [0.5, 0.6) is 0 Å². The fraction of sp³-hybridized carbons (Fsp3) is 0.200. The van der Waals surface area contributed by atoms with E-state index in [4.69, 9.17) is 0 Å². The monoisotopic (exact) mass is 208 g/mol. The quantitative estimate of drug-likeness (QED) is 0.399. The lowest BCUT2D eigenvalue weighted by atomic mass is 10.4. The number of hydrogen-bond acceptors (Lipinski definition) is 2. The predicted octanol–water partition coefficient (Wildman–Crippen LogP) is 1.65. The average molecular weight is 209 g/mol. The van der Waals surface area contributed by atoms with Crippen molar-refractivity contribution in [2.24, 2.45) is 0 Å². The Morgan fingerprint density at radius 1 is 1.50 bits per heavy atom. The second-order valence-electron chi connectivity index (χ2n) is 1.59. The first-order valence-electron chi connectivity index (χ1n) is 2.47. The minimum atomic E-state index is -1.04.